The third-order valence-electron chi connectivity index (χ3n) is 4.89. The molecule has 4 nitrogen and oxygen atoms in total. The van der Waals surface area contributed by atoms with Gasteiger partial charge in [0.1, 0.15) is 11.7 Å². The molecule has 0 radical (unpaired) electrons. The van der Waals surface area contributed by atoms with Gasteiger partial charge in [-0.3, -0.25) is 0 Å². The Balaban J connectivity index is 2.31. The van der Waals surface area contributed by atoms with Crippen LogP contribution in [0.15, 0.2) is 66.7 Å². The first kappa shape index (κ1) is 20.9. The Morgan fingerprint density at radius 1 is 1.04 bits per heavy atom. The minimum atomic E-state index is -0.749. The molecule has 0 aliphatic carbocycles. The van der Waals surface area contributed by atoms with E-state index in [1.54, 1.807) is 0 Å². The summed E-state index contributed by atoms with van der Waals surface area (Å²) in [4.78, 5) is 23.9. The number of hydrogen-bond acceptors (Lipinski definition) is 4. The highest BCUT2D eigenvalue weighted by Crippen LogP contribution is 2.37. The lowest BCUT2D eigenvalue weighted by molar-refractivity contribution is -0.388. The van der Waals surface area contributed by atoms with Gasteiger partial charge in [-0.15, -0.1) is 0 Å². The smallest absolute Gasteiger partial charge is 0.336 e. The summed E-state index contributed by atoms with van der Waals surface area (Å²) in [5, 5.41) is 0. The first-order chi connectivity index (χ1) is 13.0. The number of aryl methyl sites for hydroxylation is 1. The summed E-state index contributed by atoms with van der Waals surface area (Å²) in [5.74, 6) is -0.526. The van der Waals surface area contributed by atoms with E-state index >= 15 is 0 Å². The fourth-order valence-electron chi connectivity index (χ4n) is 3.00. The molecule has 1 atom stereocenters. The Hall–Kier alpha value is -2.43. The van der Waals surface area contributed by atoms with Crippen molar-refractivity contribution >= 4 is 5.97 Å². The van der Waals surface area contributed by atoms with E-state index in [0.29, 0.717) is 0 Å². The second-order valence-electron chi connectivity index (χ2n) is 6.55. The Morgan fingerprint density at radius 3 is 2.15 bits per heavy atom. The molecule has 0 N–H and O–H groups in total. The zero-order valence-electron chi connectivity index (χ0n) is 16.5. The first-order valence-corrected chi connectivity index (χ1v) is 9.21. The molecule has 2 rings (SSSR count). The number of esters is 1. The van der Waals surface area contributed by atoms with Crippen molar-refractivity contribution in [1.29, 1.82) is 0 Å². The Morgan fingerprint density at radius 2 is 1.63 bits per heavy atom. The van der Waals surface area contributed by atoms with E-state index in [1.165, 1.54) is 12.7 Å². The largest absolute Gasteiger partial charge is 0.466 e. The van der Waals surface area contributed by atoms with Crippen LogP contribution in [-0.4, -0.2) is 13.1 Å². The molecule has 0 spiro atoms. The van der Waals surface area contributed by atoms with Gasteiger partial charge in [0.2, 0.25) is 0 Å². The highest BCUT2D eigenvalue weighted by Gasteiger charge is 2.34. The summed E-state index contributed by atoms with van der Waals surface area (Å²) in [5.41, 5.74) is 2.57. The van der Waals surface area contributed by atoms with Gasteiger partial charge in [0, 0.05) is 0 Å². The first-order valence-electron chi connectivity index (χ1n) is 9.21. The normalized spacial score (nSPS) is 12.4. The van der Waals surface area contributed by atoms with E-state index in [-0.39, 0.29) is 5.57 Å². The topological polar surface area (TPSA) is 44.8 Å². The van der Waals surface area contributed by atoms with E-state index in [0.717, 1.165) is 24.0 Å². The molecule has 0 unspecified atom stereocenters. The van der Waals surface area contributed by atoms with Crippen molar-refractivity contribution in [3.8, 4) is 0 Å². The maximum atomic E-state index is 12.0. The van der Waals surface area contributed by atoms with Crippen LogP contribution in [0.3, 0.4) is 0 Å². The number of ether oxygens (including phenoxy) is 1. The molecule has 144 valence electrons. The van der Waals surface area contributed by atoms with Crippen molar-refractivity contribution < 1.29 is 19.3 Å². The second-order valence-corrected chi connectivity index (χ2v) is 6.55. The average Bonchev–Trinajstić information content (AvgIpc) is 2.72. The van der Waals surface area contributed by atoms with Crippen LogP contribution >= 0.6 is 0 Å². The summed E-state index contributed by atoms with van der Waals surface area (Å²) in [6.45, 7) is 10.0. The van der Waals surface area contributed by atoms with Crippen molar-refractivity contribution in [2.75, 3.05) is 7.11 Å². The minimum absolute atomic E-state index is 0.189. The molecule has 0 aliphatic heterocycles. The Kier molecular flexibility index (Phi) is 7.34. The predicted octanol–water partition coefficient (Wildman–Crippen LogP) is 5.43. The van der Waals surface area contributed by atoms with Gasteiger partial charge in [-0.25, -0.2) is 14.6 Å². The molecule has 0 fully saturated rings. The van der Waals surface area contributed by atoms with Gasteiger partial charge < -0.3 is 4.74 Å². The van der Waals surface area contributed by atoms with Gasteiger partial charge in [-0.05, 0) is 30.9 Å². The molecule has 0 heterocycles. The molecule has 4 heteroatoms. The van der Waals surface area contributed by atoms with E-state index < -0.39 is 17.7 Å². The summed E-state index contributed by atoms with van der Waals surface area (Å²) in [7, 11) is 1.32. The number of rotatable bonds is 9. The van der Waals surface area contributed by atoms with Crippen LogP contribution < -0.4 is 0 Å². The van der Waals surface area contributed by atoms with Crippen LogP contribution in [0, 0.1) is 6.92 Å². The average molecular weight is 368 g/mol. The SMILES string of the molecule is C=C(C(=O)OC)[C@@H](OOC(CC)(CC)c1ccc(C)cc1)c1ccccc1. The summed E-state index contributed by atoms with van der Waals surface area (Å²) < 4.78 is 4.82. The van der Waals surface area contributed by atoms with Gasteiger partial charge in [0.05, 0.1) is 12.7 Å². The van der Waals surface area contributed by atoms with Crippen LogP contribution in [0.1, 0.15) is 49.5 Å². The molecule has 0 amide bonds. The van der Waals surface area contributed by atoms with Gasteiger partial charge in [0.25, 0.3) is 0 Å². The maximum absolute atomic E-state index is 12.0. The Labute approximate surface area is 161 Å². The van der Waals surface area contributed by atoms with Gasteiger partial charge in [0.15, 0.2) is 0 Å². The maximum Gasteiger partial charge on any atom is 0.336 e. The van der Waals surface area contributed by atoms with Crippen LogP contribution in [0.5, 0.6) is 0 Å². The second kappa shape index (κ2) is 9.49. The van der Waals surface area contributed by atoms with Crippen molar-refractivity contribution in [2.24, 2.45) is 0 Å². The van der Waals surface area contributed by atoms with E-state index in [1.807, 2.05) is 37.3 Å². The van der Waals surface area contributed by atoms with Crippen LogP contribution in [0.2, 0.25) is 0 Å². The molecule has 0 saturated carbocycles. The third kappa shape index (κ3) is 4.85. The number of methoxy groups -OCH3 is 1. The molecule has 2 aromatic carbocycles. The highest BCUT2D eigenvalue weighted by atomic mass is 17.2. The van der Waals surface area contributed by atoms with Crippen molar-refractivity contribution in [2.45, 2.75) is 45.3 Å². The van der Waals surface area contributed by atoms with Crippen LogP contribution in [-0.2, 0) is 24.9 Å². The van der Waals surface area contributed by atoms with E-state index in [4.69, 9.17) is 14.5 Å². The molecule has 0 aromatic heterocycles. The van der Waals surface area contributed by atoms with Crippen LogP contribution in [0.25, 0.3) is 0 Å². The van der Waals surface area contributed by atoms with Crippen molar-refractivity contribution in [1.82, 2.24) is 0 Å². The predicted molar refractivity (Wildman–Crippen MR) is 106 cm³/mol. The summed E-state index contributed by atoms with van der Waals surface area (Å²) in [6.07, 6.45) is 0.693. The van der Waals surface area contributed by atoms with Crippen molar-refractivity contribution in [3.63, 3.8) is 0 Å². The lowest BCUT2D eigenvalue weighted by Crippen LogP contribution is -2.30. The zero-order valence-corrected chi connectivity index (χ0v) is 16.5. The summed E-state index contributed by atoms with van der Waals surface area (Å²) >= 11 is 0. The monoisotopic (exact) mass is 368 g/mol. The van der Waals surface area contributed by atoms with E-state index in [2.05, 4.69) is 44.7 Å². The number of carbonyl (C=O) groups excluding carboxylic acids is 1. The minimum Gasteiger partial charge on any atom is -0.466 e. The quantitative estimate of drug-likeness (QED) is 0.256. The molecule has 2 aromatic rings. The van der Waals surface area contributed by atoms with Crippen LogP contribution in [0.4, 0.5) is 0 Å². The van der Waals surface area contributed by atoms with Gasteiger partial charge >= 0.3 is 5.97 Å². The number of hydrogen-bond donors (Lipinski definition) is 0. The molecular weight excluding hydrogens is 340 g/mol. The fraction of sp³-hybridized carbons (Fsp3) is 0.348. The highest BCUT2D eigenvalue weighted by molar-refractivity contribution is 5.89. The third-order valence-corrected chi connectivity index (χ3v) is 4.89. The van der Waals surface area contributed by atoms with Gasteiger partial charge in [-0.2, -0.15) is 0 Å². The summed E-state index contributed by atoms with van der Waals surface area (Å²) in [6, 6.07) is 17.6. The lowest BCUT2D eigenvalue weighted by atomic mass is 9.88. The fourth-order valence-corrected chi connectivity index (χ4v) is 3.00. The van der Waals surface area contributed by atoms with Crippen molar-refractivity contribution in [3.05, 3.63) is 83.4 Å². The molecule has 0 bridgehead atoms. The Bertz CT molecular complexity index is 746. The lowest BCUT2D eigenvalue weighted by Gasteiger charge is -2.33. The standard InChI is InChI=1S/C23H28O4/c1-6-23(7-2,20-15-13-17(3)14-16-20)27-26-21(18(4)22(24)25-5)19-11-9-8-10-12-19/h8-16,21H,4,6-7H2,1-3,5H3/t21-/m1/s1. The van der Waals surface area contributed by atoms with E-state index in [9.17, 15) is 4.79 Å². The zero-order chi connectivity index (χ0) is 19.9. The molecule has 27 heavy (non-hydrogen) atoms. The molecule has 0 aliphatic rings. The number of carbonyl (C=O) groups is 1. The van der Waals surface area contributed by atoms with Gasteiger partial charge in [-0.1, -0.05) is 80.6 Å². The molecule has 0 saturated heterocycles. The number of benzene rings is 2. The molecular formula is C23H28O4.